The lowest BCUT2D eigenvalue weighted by molar-refractivity contribution is 0.0596. The summed E-state index contributed by atoms with van der Waals surface area (Å²) >= 11 is 1.34. The van der Waals surface area contributed by atoms with Crippen molar-refractivity contribution in [3.63, 3.8) is 0 Å². The monoisotopic (exact) mass is 261 g/mol. The number of hydrogen-bond acceptors (Lipinski definition) is 5. The van der Waals surface area contributed by atoms with Crippen molar-refractivity contribution in [3.05, 3.63) is 48.2 Å². The van der Waals surface area contributed by atoms with E-state index in [2.05, 4.69) is 4.98 Å². The number of benzene rings is 1. The Morgan fingerprint density at radius 1 is 1.28 bits per heavy atom. The predicted octanol–water partition coefficient (Wildman–Crippen LogP) is 2.73. The van der Waals surface area contributed by atoms with Crippen LogP contribution in [0, 0.1) is 0 Å². The second kappa shape index (κ2) is 5.55. The molecule has 0 aliphatic carbocycles. The number of ether oxygens (including phenoxy) is 1. The number of methoxy groups -OCH3 is 1. The van der Waals surface area contributed by atoms with Gasteiger partial charge in [-0.05, 0) is 36.4 Å². The van der Waals surface area contributed by atoms with Gasteiger partial charge in [0.15, 0.2) is 0 Å². The van der Waals surface area contributed by atoms with Gasteiger partial charge in [0.05, 0.1) is 12.7 Å². The number of aromatic nitrogens is 1. The molecule has 0 bridgehead atoms. The summed E-state index contributed by atoms with van der Waals surface area (Å²) in [5.41, 5.74) is 0.429. The van der Waals surface area contributed by atoms with Gasteiger partial charge in [0.2, 0.25) is 0 Å². The third-order valence-electron chi connectivity index (χ3n) is 2.23. The highest BCUT2D eigenvalue weighted by molar-refractivity contribution is 7.99. The molecule has 18 heavy (non-hydrogen) atoms. The molecule has 0 saturated carbocycles. The molecule has 0 aliphatic heterocycles. The molecule has 0 amide bonds. The molecule has 1 heterocycles. The van der Waals surface area contributed by atoms with Crippen molar-refractivity contribution in [3.8, 4) is 5.75 Å². The minimum Gasteiger partial charge on any atom is -0.508 e. The third-order valence-corrected chi connectivity index (χ3v) is 3.25. The van der Waals surface area contributed by atoms with Gasteiger partial charge in [-0.2, -0.15) is 0 Å². The van der Waals surface area contributed by atoms with E-state index >= 15 is 0 Å². The quantitative estimate of drug-likeness (QED) is 0.861. The number of rotatable bonds is 3. The van der Waals surface area contributed by atoms with E-state index in [-0.39, 0.29) is 5.75 Å². The van der Waals surface area contributed by atoms with Crippen molar-refractivity contribution in [1.82, 2.24) is 4.98 Å². The van der Waals surface area contributed by atoms with Crippen LogP contribution in [-0.2, 0) is 4.74 Å². The Bertz CT molecular complexity index is 554. The van der Waals surface area contributed by atoms with E-state index in [1.807, 2.05) is 0 Å². The molecule has 0 fully saturated rings. The maximum Gasteiger partial charge on any atom is 0.340 e. The molecule has 1 aromatic carbocycles. The van der Waals surface area contributed by atoms with Crippen LogP contribution in [0.15, 0.2) is 52.5 Å². The maximum atomic E-state index is 11.6. The highest BCUT2D eigenvalue weighted by Crippen LogP contribution is 2.29. The SMILES string of the molecule is COC(=O)c1cccnc1Sc1ccc(O)cc1. The number of pyridine rings is 1. The van der Waals surface area contributed by atoms with Crippen molar-refractivity contribution >= 4 is 17.7 Å². The molecule has 0 spiro atoms. The number of esters is 1. The first-order chi connectivity index (χ1) is 8.70. The van der Waals surface area contributed by atoms with E-state index in [9.17, 15) is 9.90 Å². The van der Waals surface area contributed by atoms with E-state index in [0.717, 1.165) is 4.90 Å². The second-order valence-electron chi connectivity index (χ2n) is 3.44. The summed E-state index contributed by atoms with van der Waals surface area (Å²) in [5.74, 6) is -0.210. The molecule has 0 atom stereocenters. The molecule has 0 radical (unpaired) electrons. The number of carbonyl (C=O) groups excluding carboxylic acids is 1. The van der Waals surface area contributed by atoms with E-state index in [4.69, 9.17) is 4.74 Å². The lowest BCUT2D eigenvalue weighted by atomic mass is 10.3. The Balaban J connectivity index is 2.28. The van der Waals surface area contributed by atoms with Gasteiger partial charge >= 0.3 is 5.97 Å². The summed E-state index contributed by atoms with van der Waals surface area (Å²) in [5, 5.41) is 9.78. The topological polar surface area (TPSA) is 59.4 Å². The van der Waals surface area contributed by atoms with Gasteiger partial charge in [-0.25, -0.2) is 9.78 Å². The first-order valence-corrected chi connectivity index (χ1v) is 6.02. The van der Waals surface area contributed by atoms with Crippen LogP contribution >= 0.6 is 11.8 Å². The Labute approximate surface area is 109 Å². The van der Waals surface area contributed by atoms with Gasteiger partial charge < -0.3 is 9.84 Å². The number of phenols is 1. The Morgan fingerprint density at radius 3 is 2.67 bits per heavy atom. The molecule has 1 N–H and O–H groups in total. The zero-order chi connectivity index (χ0) is 13.0. The van der Waals surface area contributed by atoms with Crippen LogP contribution < -0.4 is 0 Å². The summed E-state index contributed by atoms with van der Waals surface area (Å²) in [4.78, 5) is 16.6. The first kappa shape index (κ1) is 12.4. The number of aromatic hydroxyl groups is 1. The molecular weight excluding hydrogens is 250 g/mol. The first-order valence-electron chi connectivity index (χ1n) is 5.21. The van der Waals surface area contributed by atoms with Gasteiger partial charge in [0.25, 0.3) is 0 Å². The third kappa shape index (κ3) is 2.81. The molecular formula is C13H11NO3S. The van der Waals surface area contributed by atoms with Gasteiger partial charge in [-0.3, -0.25) is 0 Å². The molecule has 5 heteroatoms. The Morgan fingerprint density at radius 2 is 2.00 bits per heavy atom. The van der Waals surface area contributed by atoms with E-state index in [0.29, 0.717) is 10.6 Å². The van der Waals surface area contributed by atoms with Crippen LogP contribution in [0.3, 0.4) is 0 Å². The van der Waals surface area contributed by atoms with Crippen LogP contribution in [0.2, 0.25) is 0 Å². The van der Waals surface area contributed by atoms with Crippen molar-refractivity contribution in [2.24, 2.45) is 0 Å². The normalized spacial score (nSPS) is 10.1. The Hall–Kier alpha value is -2.01. The van der Waals surface area contributed by atoms with Crippen molar-refractivity contribution < 1.29 is 14.6 Å². The fraction of sp³-hybridized carbons (Fsp3) is 0.0769. The van der Waals surface area contributed by atoms with E-state index in [1.54, 1.807) is 42.6 Å². The van der Waals surface area contributed by atoms with Crippen LogP contribution in [-0.4, -0.2) is 23.2 Å². The van der Waals surface area contributed by atoms with Gasteiger partial charge in [0.1, 0.15) is 10.8 Å². The zero-order valence-electron chi connectivity index (χ0n) is 9.66. The molecule has 1 aromatic heterocycles. The van der Waals surface area contributed by atoms with Crippen LogP contribution in [0.1, 0.15) is 10.4 Å². The minimum atomic E-state index is -0.413. The Kier molecular flexibility index (Phi) is 3.84. The number of carbonyl (C=O) groups is 1. The average Bonchev–Trinajstić information content (AvgIpc) is 2.41. The van der Waals surface area contributed by atoms with Gasteiger partial charge in [-0.15, -0.1) is 0 Å². The molecule has 2 aromatic rings. The van der Waals surface area contributed by atoms with Crippen molar-refractivity contribution in [1.29, 1.82) is 0 Å². The van der Waals surface area contributed by atoms with E-state index < -0.39 is 5.97 Å². The fourth-order valence-electron chi connectivity index (χ4n) is 1.36. The lowest BCUT2D eigenvalue weighted by Crippen LogP contribution is -2.03. The summed E-state index contributed by atoms with van der Waals surface area (Å²) in [6.45, 7) is 0. The highest BCUT2D eigenvalue weighted by atomic mass is 32.2. The van der Waals surface area contributed by atoms with E-state index in [1.165, 1.54) is 18.9 Å². The van der Waals surface area contributed by atoms with Crippen molar-refractivity contribution in [2.75, 3.05) is 7.11 Å². The molecule has 0 saturated heterocycles. The van der Waals surface area contributed by atoms with Crippen LogP contribution in [0.25, 0.3) is 0 Å². The smallest absolute Gasteiger partial charge is 0.340 e. The molecule has 0 unspecified atom stereocenters. The molecule has 2 rings (SSSR count). The standard InChI is InChI=1S/C13H11NO3S/c1-17-13(16)11-3-2-8-14-12(11)18-10-6-4-9(15)5-7-10/h2-8,15H,1H3. The minimum absolute atomic E-state index is 0.202. The summed E-state index contributed by atoms with van der Waals surface area (Å²) in [6.07, 6.45) is 1.62. The number of phenolic OH excluding ortho intramolecular Hbond substituents is 1. The summed E-state index contributed by atoms with van der Waals surface area (Å²) < 4.78 is 4.70. The second-order valence-corrected chi connectivity index (χ2v) is 4.51. The van der Waals surface area contributed by atoms with Gasteiger partial charge in [0, 0.05) is 11.1 Å². The molecule has 4 nitrogen and oxygen atoms in total. The molecule has 0 aliphatic rings. The number of nitrogens with zero attached hydrogens (tertiary/aromatic N) is 1. The fourth-order valence-corrected chi connectivity index (χ4v) is 2.23. The molecule has 92 valence electrons. The lowest BCUT2D eigenvalue weighted by Gasteiger charge is -2.06. The maximum absolute atomic E-state index is 11.6. The van der Waals surface area contributed by atoms with Crippen LogP contribution in [0.5, 0.6) is 5.75 Å². The zero-order valence-corrected chi connectivity index (χ0v) is 10.5. The van der Waals surface area contributed by atoms with Gasteiger partial charge in [-0.1, -0.05) is 11.8 Å². The number of hydrogen-bond donors (Lipinski definition) is 1. The van der Waals surface area contributed by atoms with Crippen LogP contribution in [0.4, 0.5) is 0 Å². The average molecular weight is 261 g/mol. The van der Waals surface area contributed by atoms with Crippen molar-refractivity contribution in [2.45, 2.75) is 9.92 Å². The highest BCUT2D eigenvalue weighted by Gasteiger charge is 2.13. The summed E-state index contributed by atoms with van der Waals surface area (Å²) in [7, 11) is 1.34. The predicted molar refractivity (Wildman–Crippen MR) is 67.8 cm³/mol. The summed E-state index contributed by atoms with van der Waals surface area (Å²) in [6, 6.07) is 10.0. The largest absolute Gasteiger partial charge is 0.508 e.